The van der Waals surface area contributed by atoms with Crippen LogP contribution in [0.3, 0.4) is 0 Å². The van der Waals surface area contributed by atoms with Gasteiger partial charge in [0.15, 0.2) is 17.2 Å². The molecule has 1 aromatic rings. The smallest absolute Gasteiger partial charge is 0.352 e. The molecule has 2 rings (SSSR count). The largest absolute Gasteiger partial charge is 0.451 e. The number of hydrogen-bond donors (Lipinski definition) is 3. The number of esters is 1. The SMILES string of the molecule is NC(=O)c1nsc(C(=O)OCC(=O)NC2CCCCC2)c1N. The summed E-state index contributed by atoms with van der Waals surface area (Å²) in [6.45, 7) is -0.390. The number of carbonyl (C=O) groups excluding carboxylic acids is 3. The summed E-state index contributed by atoms with van der Waals surface area (Å²) in [5, 5.41) is 2.83. The average Bonchev–Trinajstić information content (AvgIpc) is 2.88. The van der Waals surface area contributed by atoms with E-state index in [0.29, 0.717) is 0 Å². The minimum Gasteiger partial charge on any atom is -0.451 e. The maximum Gasteiger partial charge on any atom is 0.352 e. The van der Waals surface area contributed by atoms with Crippen LogP contribution < -0.4 is 16.8 Å². The number of nitrogens with zero attached hydrogens (tertiary/aromatic N) is 1. The third-order valence-electron chi connectivity index (χ3n) is 3.45. The van der Waals surface area contributed by atoms with E-state index in [0.717, 1.165) is 37.2 Å². The van der Waals surface area contributed by atoms with Crippen LogP contribution in [0.1, 0.15) is 52.3 Å². The second-order valence-electron chi connectivity index (χ2n) is 5.12. The van der Waals surface area contributed by atoms with Crippen LogP contribution in [0, 0.1) is 0 Å². The lowest BCUT2D eigenvalue weighted by atomic mass is 9.95. The molecule has 1 aliphatic rings. The van der Waals surface area contributed by atoms with Crippen molar-refractivity contribution in [3.63, 3.8) is 0 Å². The van der Waals surface area contributed by atoms with Gasteiger partial charge in [0, 0.05) is 6.04 Å². The van der Waals surface area contributed by atoms with Crippen molar-refractivity contribution in [1.29, 1.82) is 0 Å². The minimum absolute atomic E-state index is 0.0285. The lowest BCUT2D eigenvalue weighted by molar-refractivity contribution is -0.125. The van der Waals surface area contributed by atoms with Gasteiger partial charge >= 0.3 is 5.97 Å². The van der Waals surface area contributed by atoms with E-state index >= 15 is 0 Å². The van der Waals surface area contributed by atoms with Gasteiger partial charge in [-0.15, -0.1) is 0 Å². The Morgan fingerprint density at radius 3 is 2.55 bits per heavy atom. The van der Waals surface area contributed by atoms with Gasteiger partial charge in [-0.3, -0.25) is 9.59 Å². The molecule has 9 heteroatoms. The number of carbonyl (C=O) groups is 3. The second-order valence-corrected chi connectivity index (χ2v) is 5.89. The third-order valence-corrected chi connectivity index (χ3v) is 4.29. The highest BCUT2D eigenvalue weighted by molar-refractivity contribution is 7.08. The number of aromatic nitrogens is 1. The van der Waals surface area contributed by atoms with Crippen LogP contribution in [0.2, 0.25) is 0 Å². The Kier molecular flexibility index (Phi) is 5.31. The summed E-state index contributed by atoms with van der Waals surface area (Å²) in [7, 11) is 0. The fraction of sp³-hybridized carbons (Fsp3) is 0.538. The quantitative estimate of drug-likeness (QED) is 0.671. The lowest BCUT2D eigenvalue weighted by Crippen LogP contribution is -2.38. The normalized spacial score (nSPS) is 15.3. The Morgan fingerprint density at radius 2 is 1.95 bits per heavy atom. The lowest BCUT2D eigenvalue weighted by Gasteiger charge is -2.22. The van der Waals surface area contributed by atoms with Gasteiger partial charge in [0.25, 0.3) is 11.8 Å². The molecule has 2 amide bonds. The number of nitrogen functional groups attached to an aromatic ring is 1. The van der Waals surface area contributed by atoms with Crippen LogP contribution in [0.25, 0.3) is 0 Å². The van der Waals surface area contributed by atoms with Crippen LogP contribution in [0.15, 0.2) is 0 Å². The molecule has 1 heterocycles. The maximum atomic E-state index is 11.8. The Morgan fingerprint density at radius 1 is 1.27 bits per heavy atom. The summed E-state index contributed by atoms with van der Waals surface area (Å²) >= 11 is 0.718. The number of rotatable bonds is 5. The van der Waals surface area contributed by atoms with Gasteiger partial charge in [0.2, 0.25) is 0 Å². The molecule has 0 spiro atoms. The zero-order chi connectivity index (χ0) is 16.1. The van der Waals surface area contributed by atoms with Crippen LogP contribution >= 0.6 is 11.5 Å². The number of ether oxygens (including phenoxy) is 1. The monoisotopic (exact) mass is 326 g/mol. The molecule has 120 valence electrons. The van der Waals surface area contributed by atoms with E-state index in [1.807, 2.05) is 0 Å². The van der Waals surface area contributed by atoms with Crippen molar-refractivity contribution in [2.45, 2.75) is 38.1 Å². The number of amides is 2. The summed E-state index contributed by atoms with van der Waals surface area (Å²) in [4.78, 5) is 34.6. The number of nitrogens with one attached hydrogen (secondary N) is 1. The highest BCUT2D eigenvalue weighted by Crippen LogP contribution is 2.22. The molecule has 5 N–H and O–H groups in total. The molecule has 22 heavy (non-hydrogen) atoms. The van der Waals surface area contributed by atoms with E-state index in [-0.39, 0.29) is 28.2 Å². The molecule has 8 nitrogen and oxygen atoms in total. The van der Waals surface area contributed by atoms with Gasteiger partial charge < -0.3 is 21.5 Å². The van der Waals surface area contributed by atoms with E-state index in [4.69, 9.17) is 16.2 Å². The van der Waals surface area contributed by atoms with Gasteiger partial charge in [0.1, 0.15) is 0 Å². The highest BCUT2D eigenvalue weighted by atomic mass is 32.1. The van der Waals surface area contributed by atoms with Gasteiger partial charge in [-0.1, -0.05) is 19.3 Å². The van der Waals surface area contributed by atoms with E-state index in [1.54, 1.807) is 0 Å². The first-order chi connectivity index (χ1) is 10.5. The number of primary amides is 1. The van der Waals surface area contributed by atoms with Crippen molar-refractivity contribution in [3.8, 4) is 0 Å². The van der Waals surface area contributed by atoms with Gasteiger partial charge in [0.05, 0.1) is 5.69 Å². The molecule has 1 aromatic heterocycles. The summed E-state index contributed by atoms with van der Waals surface area (Å²) in [6, 6.07) is 0.148. The van der Waals surface area contributed by atoms with E-state index in [9.17, 15) is 14.4 Å². The minimum atomic E-state index is -0.817. The molecule has 0 aliphatic heterocycles. The summed E-state index contributed by atoms with van der Waals surface area (Å²) in [6.07, 6.45) is 5.27. The predicted molar refractivity (Wildman–Crippen MR) is 80.3 cm³/mol. The zero-order valence-electron chi connectivity index (χ0n) is 12.0. The van der Waals surface area contributed by atoms with Crippen molar-refractivity contribution in [2.24, 2.45) is 5.73 Å². The first kappa shape index (κ1) is 16.2. The van der Waals surface area contributed by atoms with Crippen LogP contribution in [-0.2, 0) is 9.53 Å². The summed E-state index contributed by atoms with van der Waals surface area (Å²) in [5.41, 5.74) is 10.4. The van der Waals surface area contributed by atoms with E-state index < -0.39 is 18.5 Å². The standard InChI is InChI=1S/C13H18N4O4S/c14-9-10(12(15)19)17-22-11(9)13(20)21-6-8(18)16-7-4-2-1-3-5-7/h7H,1-6,14H2,(H2,15,19)(H,16,18). The topological polar surface area (TPSA) is 137 Å². The van der Waals surface area contributed by atoms with E-state index in [1.165, 1.54) is 6.42 Å². The Bertz CT molecular complexity index is 581. The number of nitrogens with two attached hydrogens (primary N) is 2. The van der Waals surface area contributed by atoms with Gasteiger partial charge in [-0.05, 0) is 24.4 Å². The van der Waals surface area contributed by atoms with Crippen LogP contribution in [0.5, 0.6) is 0 Å². The van der Waals surface area contributed by atoms with Crippen molar-refractivity contribution in [2.75, 3.05) is 12.3 Å². The van der Waals surface area contributed by atoms with Crippen LogP contribution in [-0.4, -0.2) is 34.8 Å². The molecular formula is C13H18N4O4S. The highest BCUT2D eigenvalue weighted by Gasteiger charge is 2.23. The molecule has 0 bridgehead atoms. The molecule has 1 aliphatic carbocycles. The van der Waals surface area contributed by atoms with Gasteiger partial charge in [-0.2, -0.15) is 4.37 Å². The number of anilines is 1. The molecule has 0 saturated heterocycles. The summed E-state index contributed by atoms with van der Waals surface area (Å²) < 4.78 is 8.59. The number of hydrogen-bond acceptors (Lipinski definition) is 7. The molecule has 0 atom stereocenters. The first-order valence-corrected chi connectivity index (χ1v) is 7.77. The van der Waals surface area contributed by atoms with Crippen molar-refractivity contribution >= 4 is 35.0 Å². The van der Waals surface area contributed by atoms with Crippen molar-refractivity contribution in [1.82, 2.24) is 9.69 Å². The third kappa shape index (κ3) is 3.94. The summed E-state index contributed by atoms with van der Waals surface area (Å²) in [5.74, 6) is -1.96. The molecule has 1 fully saturated rings. The maximum absolute atomic E-state index is 11.8. The molecule has 0 unspecified atom stereocenters. The fourth-order valence-corrected chi connectivity index (χ4v) is 3.03. The Labute approximate surface area is 131 Å². The predicted octanol–water partition coefficient (Wildman–Crippen LogP) is 0.430. The average molecular weight is 326 g/mol. The second kappa shape index (κ2) is 7.21. The molecule has 0 radical (unpaired) electrons. The zero-order valence-corrected chi connectivity index (χ0v) is 12.8. The Balaban J connectivity index is 1.84. The van der Waals surface area contributed by atoms with Crippen molar-refractivity contribution in [3.05, 3.63) is 10.6 Å². The first-order valence-electron chi connectivity index (χ1n) is 7.00. The van der Waals surface area contributed by atoms with Crippen molar-refractivity contribution < 1.29 is 19.1 Å². The Hall–Kier alpha value is -2.16. The molecular weight excluding hydrogens is 308 g/mol. The van der Waals surface area contributed by atoms with Gasteiger partial charge in [-0.25, -0.2) is 4.79 Å². The van der Waals surface area contributed by atoms with Crippen LogP contribution in [0.4, 0.5) is 5.69 Å². The fourth-order valence-electron chi connectivity index (χ4n) is 2.34. The molecule has 1 saturated carbocycles. The molecule has 0 aromatic carbocycles. The van der Waals surface area contributed by atoms with E-state index in [2.05, 4.69) is 9.69 Å².